The van der Waals surface area contributed by atoms with Gasteiger partial charge in [0.15, 0.2) is 5.78 Å². The second kappa shape index (κ2) is 14.4. The molecule has 4 nitrogen and oxygen atoms in total. The van der Waals surface area contributed by atoms with Crippen LogP contribution in [0.3, 0.4) is 0 Å². The molecule has 0 N–H and O–H groups in total. The van der Waals surface area contributed by atoms with Gasteiger partial charge in [-0.3, -0.25) is 4.79 Å². The molecule has 37 heavy (non-hydrogen) atoms. The van der Waals surface area contributed by atoms with Gasteiger partial charge >= 0.3 is 5.97 Å². The van der Waals surface area contributed by atoms with Crippen molar-refractivity contribution < 1.29 is 19.1 Å². The van der Waals surface area contributed by atoms with Crippen molar-refractivity contribution >= 4 is 11.8 Å². The number of aryl methyl sites for hydroxylation is 2. The quantitative estimate of drug-likeness (QED) is 0.0969. The average Bonchev–Trinajstić information content (AvgIpc) is 2.90. The molecule has 0 bridgehead atoms. The number of ether oxygens (including phenoxy) is 2. The summed E-state index contributed by atoms with van der Waals surface area (Å²) in [5.41, 5.74) is 5.62. The van der Waals surface area contributed by atoms with Crippen LogP contribution in [0.2, 0.25) is 0 Å². The molecule has 3 rings (SSSR count). The molecule has 0 aromatic heterocycles. The second-order valence-electron chi connectivity index (χ2n) is 9.71. The highest BCUT2D eigenvalue weighted by Crippen LogP contribution is 2.27. The minimum atomic E-state index is -0.445. The molecule has 3 aromatic rings. The van der Waals surface area contributed by atoms with Gasteiger partial charge in [0.2, 0.25) is 0 Å². The summed E-state index contributed by atoms with van der Waals surface area (Å²) < 4.78 is 11.4. The number of carbonyl (C=O) groups excluding carboxylic acids is 2. The van der Waals surface area contributed by atoms with Gasteiger partial charge in [0.1, 0.15) is 11.5 Å². The molecule has 196 valence electrons. The fourth-order valence-corrected chi connectivity index (χ4v) is 4.57. The van der Waals surface area contributed by atoms with Gasteiger partial charge in [-0.25, -0.2) is 4.79 Å². The maximum Gasteiger partial charge on any atom is 0.343 e. The van der Waals surface area contributed by atoms with Gasteiger partial charge in [-0.15, -0.1) is 0 Å². The SMILES string of the molecule is CCCCCc1cc(Cc2ccc(OC(=O)c3cccc(C(C)=O)c3)c(CCCCC)c2)ccc1OC. The summed E-state index contributed by atoms with van der Waals surface area (Å²) >= 11 is 0. The fourth-order valence-electron chi connectivity index (χ4n) is 4.57. The van der Waals surface area contributed by atoms with Gasteiger partial charge in [-0.1, -0.05) is 75.9 Å². The molecule has 4 heteroatoms. The van der Waals surface area contributed by atoms with Crippen LogP contribution in [-0.2, 0) is 19.3 Å². The zero-order valence-electron chi connectivity index (χ0n) is 22.8. The first-order valence-corrected chi connectivity index (χ1v) is 13.6. The number of esters is 1. The van der Waals surface area contributed by atoms with E-state index < -0.39 is 5.97 Å². The number of ketones is 1. The third-order valence-corrected chi connectivity index (χ3v) is 6.68. The minimum Gasteiger partial charge on any atom is -0.496 e. The van der Waals surface area contributed by atoms with Gasteiger partial charge in [0, 0.05) is 5.56 Å². The fraction of sp³-hybridized carbons (Fsp3) is 0.394. The lowest BCUT2D eigenvalue weighted by molar-refractivity contribution is 0.0733. The number of rotatable bonds is 14. The van der Waals surface area contributed by atoms with Gasteiger partial charge in [0.25, 0.3) is 0 Å². The molecule has 0 unspecified atom stereocenters. The summed E-state index contributed by atoms with van der Waals surface area (Å²) in [4.78, 5) is 24.6. The predicted octanol–water partition coefficient (Wildman–Crippen LogP) is 8.17. The first kappa shape index (κ1) is 28.2. The Morgan fingerprint density at radius 1 is 0.703 bits per heavy atom. The number of carbonyl (C=O) groups is 2. The highest BCUT2D eigenvalue weighted by atomic mass is 16.5. The molecule has 0 aliphatic heterocycles. The van der Waals surface area contributed by atoms with E-state index in [1.165, 1.54) is 36.5 Å². The van der Waals surface area contributed by atoms with Crippen molar-refractivity contribution in [3.8, 4) is 11.5 Å². The van der Waals surface area contributed by atoms with Crippen LogP contribution in [0.5, 0.6) is 11.5 Å². The Morgan fingerprint density at radius 3 is 1.84 bits per heavy atom. The van der Waals surface area contributed by atoms with Crippen molar-refractivity contribution in [1.29, 1.82) is 0 Å². The molecular weight excluding hydrogens is 460 g/mol. The van der Waals surface area contributed by atoms with E-state index in [0.29, 0.717) is 16.9 Å². The van der Waals surface area contributed by atoms with E-state index in [9.17, 15) is 9.59 Å². The topological polar surface area (TPSA) is 52.6 Å². The average molecular weight is 501 g/mol. The summed E-state index contributed by atoms with van der Waals surface area (Å²) in [5, 5.41) is 0. The Morgan fingerprint density at radius 2 is 1.27 bits per heavy atom. The number of Topliss-reactive ketones (excluding diaryl/α,β-unsaturated/α-hetero) is 1. The molecule has 0 heterocycles. The van der Waals surface area contributed by atoms with E-state index in [1.807, 2.05) is 12.1 Å². The van der Waals surface area contributed by atoms with Gasteiger partial charge in [-0.2, -0.15) is 0 Å². The molecule has 0 saturated carbocycles. The maximum absolute atomic E-state index is 12.9. The zero-order chi connectivity index (χ0) is 26.6. The number of unbranched alkanes of at least 4 members (excludes halogenated alkanes) is 4. The van der Waals surface area contributed by atoms with Gasteiger partial charge in [-0.05, 0) is 85.5 Å². The number of methoxy groups -OCH3 is 1. The minimum absolute atomic E-state index is 0.0775. The van der Waals surface area contributed by atoms with E-state index >= 15 is 0 Å². The molecule has 0 saturated heterocycles. The van der Waals surface area contributed by atoms with Crippen LogP contribution in [0.1, 0.15) is 102 Å². The second-order valence-corrected chi connectivity index (χ2v) is 9.71. The van der Waals surface area contributed by atoms with Crippen LogP contribution in [0.15, 0.2) is 60.7 Å². The van der Waals surface area contributed by atoms with E-state index in [0.717, 1.165) is 56.3 Å². The molecular formula is C33H40O4. The predicted molar refractivity (Wildman–Crippen MR) is 150 cm³/mol. The number of benzene rings is 3. The lowest BCUT2D eigenvalue weighted by Gasteiger charge is -2.14. The monoisotopic (exact) mass is 500 g/mol. The van der Waals surface area contributed by atoms with Crippen molar-refractivity contribution in [2.24, 2.45) is 0 Å². The van der Waals surface area contributed by atoms with E-state index in [1.54, 1.807) is 31.4 Å². The molecule has 0 fully saturated rings. The highest BCUT2D eigenvalue weighted by Gasteiger charge is 2.14. The molecule has 0 aliphatic rings. The molecule has 0 atom stereocenters. The molecule has 3 aromatic carbocycles. The Balaban J connectivity index is 1.82. The van der Waals surface area contributed by atoms with E-state index in [4.69, 9.17) is 9.47 Å². The van der Waals surface area contributed by atoms with Crippen molar-refractivity contribution in [3.63, 3.8) is 0 Å². The zero-order valence-corrected chi connectivity index (χ0v) is 22.8. The van der Waals surface area contributed by atoms with Crippen molar-refractivity contribution in [2.45, 2.75) is 78.6 Å². The van der Waals surface area contributed by atoms with Crippen LogP contribution in [0.4, 0.5) is 0 Å². The third kappa shape index (κ3) is 8.31. The number of hydrogen-bond donors (Lipinski definition) is 0. The first-order chi connectivity index (χ1) is 17.9. The standard InChI is InChI=1S/C33H40O4/c1-5-7-9-12-28-21-25(16-18-31(28)36-4)20-26-17-19-32(29(22-26)13-10-8-6-2)37-33(35)30-15-11-14-27(23-30)24(3)34/h11,14-19,21-23H,5-10,12-13,20H2,1-4H3. The Kier molecular flexibility index (Phi) is 10.9. The van der Waals surface area contributed by atoms with E-state index in [-0.39, 0.29) is 5.78 Å². The van der Waals surface area contributed by atoms with Crippen LogP contribution in [-0.4, -0.2) is 18.9 Å². The maximum atomic E-state index is 12.9. The molecule has 0 amide bonds. The Bertz CT molecular complexity index is 1190. The normalized spacial score (nSPS) is 10.8. The summed E-state index contributed by atoms with van der Waals surface area (Å²) in [6.07, 6.45) is 9.53. The smallest absolute Gasteiger partial charge is 0.343 e. The van der Waals surface area contributed by atoms with Crippen molar-refractivity contribution in [3.05, 3.63) is 94.0 Å². The van der Waals surface area contributed by atoms with Crippen LogP contribution in [0, 0.1) is 0 Å². The molecule has 0 aliphatic carbocycles. The third-order valence-electron chi connectivity index (χ3n) is 6.68. The summed E-state index contributed by atoms with van der Waals surface area (Å²) in [5.74, 6) is 1.02. The van der Waals surface area contributed by atoms with Crippen molar-refractivity contribution in [1.82, 2.24) is 0 Å². The number of hydrogen-bond acceptors (Lipinski definition) is 4. The molecule has 0 spiro atoms. The summed E-state index contributed by atoms with van der Waals surface area (Å²) in [6.45, 7) is 5.89. The van der Waals surface area contributed by atoms with Gasteiger partial charge < -0.3 is 9.47 Å². The summed E-state index contributed by atoms with van der Waals surface area (Å²) in [6, 6.07) is 19.3. The largest absolute Gasteiger partial charge is 0.496 e. The lowest BCUT2D eigenvalue weighted by Crippen LogP contribution is -2.11. The lowest BCUT2D eigenvalue weighted by atomic mass is 9.97. The van der Waals surface area contributed by atoms with Crippen LogP contribution < -0.4 is 9.47 Å². The van der Waals surface area contributed by atoms with Gasteiger partial charge in [0.05, 0.1) is 12.7 Å². The Labute approximate surface area is 222 Å². The molecule has 0 radical (unpaired) electrons. The highest BCUT2D eigenvalue weighted by molar-refractivity contribution is 5.98. The Hall–Kier alpha value is -3.40. The van der Waals surface area contributed by atoms with Crippen LogP contribution >= 0.6 is 0 Å². The van der Waals surface area contributed by atoms with E-state index in [2.05, 4.69) is 38.1 Å². The van der Waals surface area contributed by atoms with Crippen molar-refractivity contribution in [2.75, 3.05) is 7.11 Å². The summed E-state index contributed by atoms with van der Waals surface area (Å²) in [7, 11) is 1.73. The first-order valence-electron chi connectivity index (χ1n) is 13.6. The van der Waals surface area contributed by atoms with Crippen LogP contribution in [0.25, 0.3) is 0 Å².